The molecular weight excluding hydrogens is 286 g/mol. The lowest BCUT2D eigenvalue weighted by Crippen LogP contribution is -2.19. The van der Waals surface area contributed by atoms with Crippen molar-refractivity contribution < 1.29 is 19.1 Å². The molecule has 116 valence electrons. The first-order valence-electron chi connectivity index (χ1n) is 7.15. The van der Waals surface area contributed by atoms with Gasteiger partial charge in [0, 0.05) is 17.7 Å². The number of hydrogen-bond donors (Lipinski definition) is 2. The van der Waals surface area contributed by atoms with Gasteiger partial charge in [-0.3, -0.25) is 9.89 Å². The Morgan fingerprint density at radius 3 is 3.09 bits per heavy atom. The molecule has 0 saturated carbocycles. The van der Waals surface area contributed by atoms with Crippen molar-refractivity contribution in [3.8, 4) is 0 Å². The maximum absolute atomic E-state index is 12.0. The summed E-state index contributed by atoms with van der Waals surface area (Å²) in [4.78, 5) is 23.7. The minimum atomic E-state index is -0.519. The van der Waals surface area contributed by atoms with Crippen LogP contribution in [0.15, 0.2) is 18.2 Å². The van der Waals surface area contributed by atoms with E-state index in [-0.39, 0.29) is 17.7 Å². The lowest BCUT2D eigenvalue weighted by atomic mass is 10.1. The predicted molar refractivity (Wildman–Crippen MR) is 79.7 cm³/mol. The summed E-state index contributed by atoms with van der Waals surface area (Å²) in [6.07, 6.45) is 2.26. The van der Waals surface area contributed by atoms with Crippen LogP contribution in [0, 0.1) is 0 Å². The molecule has 0 bridgehead atoms. The Bertz CT molecular complexity index is 704. The highest BCUT2D eigenvalue weighted by atomic mass is 16.5. The normalized spacial score (nSPS) is 17.6. The number of methoxy groups -OCH3 is 1. The van der Waals surface area contributed by atoms with E-state index in [0.717, 1.165) is 19.4 Å². The topological polar surface area (TPSA) is 93.3 Å². The van der Waals surface area contributed by atoms with Crippen LogP contribution in [-0.2, 0) is 14.3 Å². The summed E-state index contributed by atoms with van der Waals surface area (Å²) < 4.78 is 10.1. The molecule has 0 aliphatic carbocycles. The Kier molecular flexibility index (Phi) is 4.06. The maximum Gasteiger partial charge on any atom is 0.359 e. The number of amides is 1. The van der Waals surface area contributed by atoms with E-state index in [0.29, 0.717) is 23.0 Å². The maximum atomic E-state index is 12.0. The molecule has 1 aromatic carbocycles. The van der Waals surface area contributed by atoms with Gasteiger partial charge in [0.2, 0.25) is 5.91 Å². The molecule has 2 aromatic rings. The number of H-pyrrole nitrogens is 1. The summed E-state index contributed by atoms with van der Waals surface area (Å²) in [6, 6.07) is 5.23. The van der Waals surface area contributed by atoms with Gasteiger partial charge in [-0.2, -0.15) is 5.10 Å². The Hall–Kier alpha value is -2.41. The molecule has 1 unspecified atom stereocenters. The van der Waals surface area contributed by atoms with Gasteiger partial charge >= 0.3 is 5.97 Å². The van der Waals surface area contributed by atoms with Crippen LogP contribution < -0.4 is 5.32 Å². The number of benzene rings is 1. The second kappa shape index (κ2) is 6.15. The van der Waals surface area contributed by atoms with Gasteiger partial charge in [-0.25, -0.2) is 4.79 Å². The van der Waals surface area contributed by atoms with Crippen molar-refractivity contribution in [2.45, 2.75) is 25.4 Å². The fourth-order valence-electron chi connectivity index (χ4n) is 2.57. The number of rotatable bonds is 4. The minimum Gasteiger partial charge on any atom is -0.464 e. The predicted octanol–water partition coefficient (Wildman–Crippen LogP) is 1.86. The molecule has 1 saturated heterocycles. The van der Waals surface area contributed by atoms with Crippen molar-refractivity contribution in [2.75, 3.05) is 19.0 Å². The van der Waals surface area contributed by atoms with E-state index >= 15 is 0 Å². The van der Waals surface area contributed by atoms with Gasteiger partial charge in [-0.15, -0.1) is 0 Å². The van der Waals surface area contributed by atoms with Gasteiger partial charge in [0.1, 0.15) is 0 Å². The SMILES string of the molecule is COC(=O)c1n[nH]c2ccc(NC(=O)CC3CCCO3)cc12. The minimum absolute atomic E-state index is 0.00304. The number of fused-ring (bicyclic) bond motifs is 1. The Morgan fingerprint density at radius 1 is 1.50 bits per heavy atom. The third-order valence-corrected chi connectivity index (χ3v) is 3.66. The molecule has 1 amide bonds. The highest BCUT2D eigenvalue weighted by molar-refractivity contribution is 6.03. The van der Waals surface area contributed by atoms with E-state index in [2.05, 4.69) is 20.3 Å². The van der Waals surface area contributed by atoms with E-state index < -0.39 is 5.97 Å². The Balaban J connectivity index is 1.76. The lowest BCUT2D eigenvalue weighted by molar-refractivity contribution is -0.118. The van der Waals surface area contributed by atoms with Crippen molar-refractivity contribution in [2.24, 2.45) is 0 Å². The number of esters is 1. The van der Waals surface area contributed by atoms with Gasteiger partial charge in [-0.1, -0.05) is 0 Å². The van der Waals surface area contributed by atoms with E-state index in [9.17, 15) is 9.59 Å². The van der Waals surface area contributed by atoms with Gasteiger partial charge in [-0.05, 0) is 31.0 Å². The highest BCUT2D eigenvalue weighted by Gasteiger charge is 2.20. The summed E-state index contributed by atoms with van der Waals surface area (Å²) >= 11 is 0. The van der Waals surface area contributed by atoms with Crippen molar-refractivity contribution >= 4 is 28.5 Å². The molecule has 7 nitrogen and oxygen atoms in total. The number of aromatic nitrogens is 2. The van der Waals surface area contributed by atoms with Crippen molar-refractivity contribution in [3.63, 3.8) is 0 Å². The first-order chi connectivity index (χ1) is 10.7. The Morgan fingerprint density at radius 2 is 2.36 bits per heavy atom. The smallest absolute Gasteiger partial charge is 0.359 e. The number of aromatic amines is 1. The second-order valence-corrected chi connectivity index (χ2v) is 5.21. The number of carbonyl (C=O) groups excluding carboxylic acids is 2. The number of anilines is 1. The van der Waals surface area contributed by atoms with Gasteiger partial charge in [0.15, 0.2) is 5.69 Å². The molecule has 1 aromatic heterocycles. The van der Waals surface area contributed by atoms with E-state index in [1.165, 1.54) is 7.11 Å². The van der Waals surface area contributed by atoms with Crippen molar-refractivity contribution in [1.29, 1.82) is 0 Å². The molecule has 1 fully saturated rings. The number of carbonyl (C=O) groups is 2. The molecule has 2 N–H and O–H groups in total. The number of nitrogens with one attached hydrogen (secondary N) is 2. The fraction of sp³-hybridized carbons (Fsp3) is 0.400. The second-order valence-electron chi connectivity index (χ2n) is 5.21. The van der Waals surface area contributed by atoms with Crippen LogP contribution in [0.2, 0.25) is 0 Å². The van der Waals surface area contributed by atoms with E-state index in [4.69, 9.17) is 4.74 Å². The zero-order valence-electron chi connectivity index (χ0n) is 12.2. The molecular formula is C15H17N3O4. The first kappa shape index (κ1) is 14.5. The fourth-order valence-corrected chi connectivity index (χ4v) is 2.57. The van der Waals surface area contributed by atoms with Crippen LogP contribution in [0.3, 0.4) is 0 Å². The van der Waals surface area contributed by atoms with E-state index in [1.54, 1.807) is 18.2 Å². The average Bonchev–Trinajstić information content (AvgIpc) is 3.15. The summed E-state index contributed by atoms with van der Waals surface area (Å²) in [7, 11) is 1.30. The third kappa shape index (κ3) is 2.94. The lowest BCUT2D eigenvalue weighted by Gasteiger charge is -2.10. The molecule has 1 atom stereocenters. The first-order valence-corrected chi connectivity index (χ1v) is 7.15. The van der Waals surface area contributed by atoms with Crippen LogP contribution in [0.25, 0.3) is 10.9 Å². The average molecular weight is 303 g/mol. The summed E-state index contributed by atoms with van der Waals surface area (Å²) in [5.74, 6) is -0.622. The van der Waals surface area contributed by atoms with Crippen LogP contribution in [-0.4, -0.2) is 41.9 Å². The highest BCUT2D eigenvalue weighted by Crippen LogP contribution is 2.22. The van der Waals surface area contributed by atoms with Crippen LogP contribution in [0.1, 0.15) is 29.8 Å². The van der Waals surface area contributed by atoms with Crippen LogP contribution in [0.4, 0.5) is 5.69 Å². The quantitative estimate of drug-likeness (QED) is 0.841. The molecule has 3 rings (SSSR count). The molecule has 1 aliphatic heterocycles. The summed E-state index contributed by atoms with van der Waals surface area (Å²) in [5.41, 5.74) is 1.52. The zero-order valence-corrected chi connectivity index (χ0v) is 12.2. The largest absolute Gasteiger partial charge is 0.464 e. The molecule has 7 heteroatoms. The molecule has 0 radical (unpaired) electrons. The monoisotopic (exact) mass is 303 g/mol. The van der Waals surface area contributed by atoms with Gasteiger partial charge in [0.25, 0.3) is 0 Å². The van der Waals surface area contributed by atoms with Crippen molar-refractivity contribution in [1.82, 2.24) is 10.2 Å². The zero-order chi connectivity index (χ0) is 15.5. The molecule has 0 spiro atoms. The number of nitrogens with zero attached hydrogens (tertiary/aromatic N) is 1. The standard InChI is InChI=1S/C15H17N3O4/c1-21-15(20)14-11-7-9(4-5-12(11)17-18-14)16-13(19)8-10-3-2-6-22-10/h4-5,7,10H,2-3,6,8H2,1H3,(H,16,19)(H,17,18). The molecule has 2 heterocycles. The van der Waals surface area contributed by atoms with Crippen molar-refractivity contribution in [3.05, 3.63) is 23.9 Å². The number of ether oxygens (including phenoxy) is 2. The van der Waals surface area contributed by atoms with Crippen LogP contribution in [0.5, 0.6) is 0 Å². The van der Waals surface area contributed by atoms with Gasteiger partial charge in [0.05, 0.1) is 25.2 Å². The Labute approximate surface area is 127 Å². The number of hydrogen-bond acceptors (Lipinski definition) is 5. The third-order valence-electron chi connectivity index (χ3n) is 3.66. The summed E-state index contributed by atoms with van der Waals surface area (Å²) in [6.45, 7) is 0.724. The van der Waals surface area contributed by atoms with E-state index in [1.807, 2.05) is 0 Å². The summed E-state index contributed by atoms with van der Waals surface area (Å²) in [5, 5.41) is 10.1. The van der Waals surface area contributed by atoms with Gasteiger partial charge < -0.3 is 14.8 Å². The van der Waals surface area contributed by atoms with Crippen LogP contribution >= 0.6 is 0 Å². The molecule has 1 aliphatic rings. The molecule has 22 heavy (non-hydrogen) atoms.